The average Bonchev–Trinajstić information content (AvgIpc) is 3.21. The van der Waals surface area contributed by atoms with Crippen molar-refractivity contribution in [3.8, 4) is 0 Å². The van der Waals surface area contributed by atoms with E-state index >= 15 is 0 Å². The number of rotatable bonds is 6. The summed E-state index contributed by atoms with van der Waals surface area (Å²) in [7, 11) is -3.95. The molecule has 3 N–H and O–H groups in total. The van der Waals surface area contributed by atoms with Gasteiger partial charge in [-0.05, 0) is 49.1 Å². The Morgan fingerprint density at radius 1 is 1.07 bits per heavy atom. The molecule has 1 atom stereocenters. The second-order valence-corrected chi connectivity index (χ2v) is 8.67. The van der Waals surface area contributed by atoms with Crippen LogP contribution in [0.1, 0.15) is 29.6 Å². The van der Waals surface area contributed by atoms with Gasteiger partial charge in [0.25, 0.3) is 15.9 Å². The molecule has 0 fully saturated rings. The fraction of sp³-hybridized carbons (Fsp3) is 0.200. The summed E-state index contributed by atoms with van der Waals surface area (Å²) in [6, 6.07) is 11.9. The molecule has 0 bridgehead atoms. The molecule has 1 aliphatic carbocycles. The van der Waals surface area contributed by atoms with Gasteiger partial charge in [-0.3, -0.25) is 25.2 Å². The molecule has 0 aromatic heterocycles. The Hall–Kier alpha value is -2.84. The number of halogens is 1. The molecule has 7 nitrogen and oxygen atoms in total. The number of nitrogens with one attached hydrogen (secondary N) is 3. The van der Waals surface area contributed by atoms with E-state index in [-0.39, 0.29) is 39.4 Å². The smallest absolute Gasteiger partial charge is 0.269 e. The van der Waals surface area contributed by atoms with Crippen LogP contribution in [0.5, 0.6) is 0 Å². The van der Waals surface area contributed by atoms with E-state index in [1.54, 1.807) is 18.2 Å². The van der Waals surface area contributed by atoms with Crippen molar-refractivity contribution >= 4 is 39.1 Å². The minimum atomic E-state index is -3.95. The predicted octanol–water partition coefficient (Wildman–Crippen LogP) is 3.26. The van der Waals surface area contributed by atoms with E-state index in [0.717, 1.165) is 12.8 Å². The molecule has 29 heavy (non-hydrogen) atoms. The summed E-state index contributed by atoms with van der Waals surface area (Å²) in [6.07, 6.45) is 6.17. The first-order valence-electron chi connectivity index (χ1n) is 8.98. The standard InChI is InChI=1S/C20H20ClN3O4S/c21-17-10-3-4-11-18(17)24-29(27,28)16-9-5-8-15(13-16)20(26)23-22-19(25)12-14-6-1-2-7-14/h1,3-6,8-11,13-14,24H,2,7,12H2,(H,22,25)(H,23,26). The van der Waals surface area contributed by atoms with Crippen LogP contribution in [-0.2, 0) is 14.8 Å². The zero-order valence-corrected chi connectivity index (χ0v) is 17.0. The molecular weight excluding hydrogens is 414 g/mol. The third-order valence-corrected chi connectivity index (χ3v) is 6.09. The molecule has 0 radical (unpaired) electrons. The molecule has 1 aliphatic rings. The van der Waals surface area contributed by atoms with E-state index in [1.807, 2.05) is 12.2 Å². The zero-order valence-electron chi connectivity index (χ0n) is 15.4. The number of allylic oxidation sites excluding steroid dienone is 2. The minimum absolute atomic E-state index is 0.0908. The number of carbonyl (C=O) groups excluding carboxylic acids is 2. The molecule has 3 rings (SSSR count). The van der Waals surface area contributed by atoms with E-state index in [9.17, 15) is 18.0 Å². The topological polar surface area (TPSA) is 104 Å². The Balaban J connectivity index is 1.65. The lowest BCUT2D eigenvalue weighted by Crippen LogP contribution is -2.42. The summed E-state index contributed by atoms with van der Waals surface area (Å²) in [5.74, 6) is -0.745. The van der Waals surface area contributed by atoms with Crippen LogP contribution in [0.25, 0.3) is 0 Å². The number of hydrazine groups is 1. The Labute approximate surface area is 174 Å². The van der Waals surface area contributed by atoms with Crippen LogP contribution in [0, 0.1) is 5.92 Å². The lowest BCUT2D eigenvalue weighted by Gasteiger charge is -2.12. The highest BCUT2D eigenvalue weighted by Crippen LogP contribution is 2.24. The Kier molecular flexibility index (Phi) is 6.56. The monoisotopic (exact) mass is 433 g/mol. The number of amides is 2. The first-order chi connectivity index (χ1) is 13.8. The van der Waals surface area contributed by atoms with Gasteiger partial charge in [0.1, 0.15) is 0 Å². The van der Waals surface area contributed by atoms with Crippen molar-refractivity contribution < 1.29 is 18.0 Å². The van der Waals surface area contributed by atoms with Gasteiger partial charge in [-0.2, -0.15) is 0 Å². The third kappa shape index (κ3) is 5.58. The zero-order chi connectivity index (χ0) is 20.9. The van der Waals surface area contributed by atoms with Crippen molar-refractivity contribution in [2.45, 2.75) is 24.2 Å². The number of para-hydroxylation sites is 1. The summed E-state index contributed by atoms with van der Waals surface area (Å²) in [5.41, 5.74) is 4.99. The van der Waals surface area contributed by atoms with E-state index in [1.165, 1.54) is 30.3 Å². The fourth-order valence-electron chi connectivity index (χ4n) is 2.91. The van der Waals surface area contributed by atoms with Crippen molar-refractivity contribution in [3.63, 3.8) is 0 Å². The first-order valence-corrected chi connectivity index (χ1v) is 10.8. The van der Waals surface area contributed by atoms with Crippen LogP contribution < -0.4 is 15.6 Å². The van der Waals surface area contributed by atoms with Gasteiger partial charge in [-0.25, -0.2) is 8.42 Å². The van der Waals surface area contributed by atoms with Crippen molar-refractivity contribution in [1.82, 2.24) is 10.9 Å². The number of anilines is 1. The maximum Gasteiger partial charge on any atom is 0.269 e. The molecule has 0 saturated heterocycles. The number of hydrogen-bond acceptors (Lipinski definition) is 4. The average molecular weight is 434 g/mol. The SMILES string of the molecule is O=C(CC1C=CCC1)NNC(=O)c1cccc(S(=O)(=O)Nc2ccccc2Cl)c1. The summed E-state index contributed by atoms with van der Waals surface area (Å²) in [6.45, 7) is 0. The van der Waals surface area contributed by atoms with Crippen LogP contribution in [0.2, 0.25) is 5.02 Å². The molecule has 2 aromatic carbocycles. The Bertz CT molecular complexity index is 1050. The normalized spacial score (nSPS) is 15.7. The molecular formula is C20H20ClN3O4S. The molecule has 0 aliphatic heterocycles. The van der Waals surface area contributed by atoms with E-state index in [0.29, 0.717) is 0 Å². The lowest BCUT2D eigenvalue weighted by atomic mass is 10.1. The van der Waals surface area contributed by atoms with Gasteiger partial charge in [0.15, 0.2) is 0 Å². The predicted molar refractivity (Wildman–Crippen MR) is 111 cm³/mol. The summed E-state index contributed by atoms with van der Waals surface area (Å²) >= 11 is 6.00. The van der Waals surface area contributed by atoms with Crippen LogP contribution in [0.15, 0.2) is 65.6 Å². The van der Waals surface area contributed by atoms with Gasteiger partial charge >= 0.3 is 0 Å². The Morgan fingerprint density at radius 3 is 2.59 bits per heavy atom. The van der Waals surface area contributed by atoms with Crippen molar-refractivity contribution in [2.24, 2.45) is 5.92 Å². The quantitative estimate of drug-likeness (QED) is 0.480. The minimum Gasteiger partial charge on any atom is -0.278 e. The van der Waals surface area contributed by atoms with Gasteiger partial charge < -0.3 is 0 Å². The van der Waals surface area contributed by atoms with Crippen molar-refractivity contribution in [3.05, 3.63) is 71.3 Å². The molecule has 2 amide bonds. The second kappa shape index (κ2) is 9.11. The van der Waals surface area contributed by atoms with Crippen LogP contribution in [-0.4, -0.2) is 20.2 Å². The molecule has 9 heteroatoms. The van der Waals surface area contributed by atoms with Gasteiger partial charge in [0, 0.05) is 12.0 Å². The van der Waals surface area contributed by atoms with Gasteiger partial charge in [0.2, 0.25) is 5.91 Å². The molecule has 152 valence electrons. The van der Waals surface area contributed by atoms with Crippen LogP contribution in [0.4, 0.5) is 5.69 Å². The van der Waals surface area contributed by atoms with Gasteiger partial charge in [-0.15, -0.1) is 0 Å². The number of carbonyl (C=O) groups is 2. The summed E-state index contributed by atoms with van der Waals surface area (Å²) in [4.78, 5) is 24.1. The number of sulfonamides is 1. The maximum absolute atomic E-state index is 12.6. The molecule has 2 aromatic rings. The van der Waals surface area contributed by atoms with E-state index in [4.69, 9.17) is 11.6 Å². The summed E-state index contributed by atoms with van der Waals surface area (Å²) in [5, 5.41) is 0.254. The van der Waals surface area contributed by atoms with Crippen molar-refractivity contribution in [2.75, 3.05) is 4.72 Å². The van der Waals surface area contributed by atoms with E-state index in [2.05, 4.69) is 15.6 Å². The molecule has 0 saturated carbocycles. The molecule has 0 spiro atoms. The number of benzene rings is 2. The Morgan fingerprint density at radius 2 is 1.86 bits per heavy atom. The fourth-order valence-corrected chi connectivity index (χ4v) is 4.27. The number of hydrogen-bond donors (Lipinski definition) is 3. The lowest BCUT2D eigenvalue weighted by molar-refractivity contribution is -0.122. The van der Waals surface area contributed by atoms with Crippen LogP contribution >= 0.6 is 11.6 Å². The van der Waals surface area contributed by atoms with Crippen molar-refractivity contribution in [1.29, 1.82) is 0 Å². The van der Waals surface area contributed by atoms with Gasteiger partial charge in [0.05, 0.1) is 15.6 Å². The molecule has 0 heterocycles. The third-order valence-electron chi connectivity index (χ3n) is 4.40. The first kappa shape index (κ1) is 20.9. The highest BCUT2D eigenvalue weighted by molar-refractivity contribution is 7.92. The van der Waals surface area contributed by atoms with Crippen LogP contribution in [0.3, 0.4) is 0 Å². The van der Waals surface area contributed by atoms with E-state index < -0.39 is 15.9 Å². The maximum atomic E-state index is 12.6. The largest absolute Gasteiger partial charge is 0.278 e. The highest BCUT2D eigenvalue weighted by atomic mass is 35.5. The second-order valence-electron chi connectivity index (χ2n) is 6.59. The van der Waals surface area contributed by atoms with Gasteiger partial charge in [-0.1, -0.05) is 42.0 Å². The molecule has 1 unspecified atom stereocenters. The highest BCUT2D eigenvalue weighted by Gasteiger charge is 2.18. The summed E-state index contributed by atoms with van der Waals surface area (Å²) < 4.78 is 27.6.